The van der Waals surface area contributed by atoms with E-state index in [9.17, 15) is 9.59 Å². The minimum Gasteiger partial charge on any atom is -0.454 e. The predicted molar refractivity (Wildman–Crippen MR) is 124 cm³/mol. The molecule has 0 saturated carbocycles. The molecule has 4 aliphatic rings. The first kappa shape index (κ1) is 19.7. The Hall–Kier alpha value is -3.78. The Morgan fingerprint density at radius 3 is 3.00 bits per heavy atom. The number of anilines is 1. The molecule has 0 radical (unpaired) electrons. The van der Waals surface area contributed by atoms with Crippen molar-refractivity contribution in [1.29, 1.82) is 0 Å². The van der Waals surface area contributed by atoms with Crippen molar-refractivity contribution in [2.45, 2.75) is 18.1 Å². The molecule has 2 N–H and O–H groups in total. The lowest BCUT2D eigenvalue weighted by molar-refractivity contribution is -0.131. The maximum absolute atomic E-state index is 13.5. The summed E-state index contributed by atoms with van der Waals surface area (Å²) in [6.45, 7) is 1.04. The first-order valence-electron chi connectivity index (χ1n) is 11.5. The standard InChI is InChI=1S/C26H23N3O5/c30-24(27-10-8-15-12-28-18-4-2-1-3-17(15)18)22-20-7-9-26(34-20)13-29(25(31)23(22)26)16-5-6-19-21(11-16)33-14-32-19/h1-7,9,11-12,20,22-23,28H,8,10,13-14H2,(H,27,30)/t20-,22+,23-,26+/m1/s1. The molecule has 2 amide bonds. The highest BCUT2D eigenvalue weighted by molar-refractivity contribution is 6.03. The molecule has 3 aromatic rings. The monoisotopic (exact) mass is 457 g/mol. The van der Waals surface area contributed by atoms with Gasteiger partial charge in [-0.1, -0.05) is 30.4 Å². The normalized spacial score (nSPS) is 28.2. The van der Waals surface area contributed by atoms with Crippen molar-refractivity contribution < 1.29 is 23.8 Å². The largest absolute Gasteiger partial charge is 0.454 e. The number of aromatic nitrogens is 1. The molecular weight excluding hydrogens is 434 g/mol. The number of amides is 2. The summed E-state index contributed by atoms with van der Waals surface area (Å²) in [5.41, 5.74) is 2.19. The number of hydrogen-bond donors (Lipinski definition) is 2. The highest BCUT2D eigenvalue weighted by Crippen LogP contribution is 2.53. The summed E-state index contributed by atoms with van der Waals surface area (Å²) in [6, 6.07) is 13.6. The third kappa shape index (κ3) is 2.75. The van der Waals surface area contributed by atoms with Crippen molar-refractivity contribution in [2.75, 3.05) is 24.8 Å². The number of hydrogen-bond acceptors (Lipinski definition) is 5. The maximum Gasteiger partial charge on any atom is 0.234 e. The summed E-state index contributed by atoms with van der Waals surface area (Å²) < 4.78 is 17.1. The average molecular weight is 457 g/mol. The van der Waals surface area contributed by atoms with Crippen molar-refractivity contribution in [2.24, 2.45) is 11.8 Å². The van der Waals surface area contributed by atoms with Crippen LogP contribution in [0.4, 0.5) is 5.69 Å². The Morgan fingerprint density at radius 2 is 2.06 bits per heavy atom. The molecule has 7 rings (SSSR count). The second-order valence-electron chi connectivity index (χ2n) is 9.26. The minimum absolute atomic E-state index is 0.0949. The number of carbonyl (C=O) groups is 2. The van der Waals surface area contributed by atoms with E-state index in [1.54, 1.807) is 11.0 Å². The van der Waals surface area contributed by atoms with Crippen LogP contribution in [-0.4, -0.2) is 48.4 Å². The molecule has 8 heteroatoms. The Bertz CT molecular complexity index is 1360. The number of nitrogens with zero attached hydrogens (tertiary/aromatic N) is 1. The van der Waals surface area contributed by atoms with Gasteiger partial charge in [0, 0.05) is 35.4 Å². The van der Waals surface area contributed by atoms with Crippen molar-refractivity contribution in [3.05, 3.63) is 66.4 Å². The van der Waals surface area contributed by atoms with Gasteiger partial charge in [0.05, 0.1) is 24.5 Å². The number of aromatic amines is 1. The Balaban J connectivity index is 1.08. The minimum atomic E-state index is -0.767. The van der Waals surface area contributed by atoms with Gasteiger partial charge in [0.2, 0.25) is 18.6 Å². The molecule has 2 saturated heterocycles. The van der Waals surface area contributed by atoms with Crippen LogP contribution in [0.25, 0.3) is 10.9 Å². The quantitative estimate of drug-likeness (QED) is 0.575. The molecule has 0 aliphatic carbocycles. The summed E-state index contributed by atoms with van der Waals surface area (Å²) in [4.78, 5) is 31.8. The predicted octanol–water partition coefficient (Wildman–Crippen LogP) is 2.54. The number of benzene rings is 2. The summed E-state index contributed by atoms with van der Waals surface area (Å²) >= 11 is 0. The number of carbonyl (C=O) groups excluding carboxylic acids is 2. The van der Waals surface area contributed by atoms with Gasteiger partial charge in [0.15, 0.2) is 11.5 Å². The van der Waals surface area contributed by atoms with Crippen molar-refractivity contribution in [1.82, 2.24) is 10.3 Å². The van der Waals surface area contributed by atoms with Gasteiger partial charge in [0.25, 0.3) is 0 Å². The Kier molecular flexibility index (Phi) is 4.11. The molecule has 2 bridgehead atoms. The lowest BCUT2D eigenvalue weighted by Gasteiger charge is -2.23. The molecule has 172 valence electrons. The van der Waals surface area contributed by atoms with Crippen LogP contribution in [0.3, 0.4) is 0 Å². The molecule has 2 aromatic carbocycles. The van der Waals surface area contributed by atoms with Gasteiger partial charge in [-0.25, -0.2) is 0 Å². The van der Waals surface area contributed by atoms with E-state index in [4.69, 9.17) is 14.2 Å². The number of fused-ring (bicyclic) bond motifs is 3. The third-order valence-corrected chi connectivity index (χ3v) is 7.44. The Labute approximate surface area is 195 Å². The number of para-hydroxylation sites is 1. The van der Waals surface area contributed by atoms with Crippen LogP contribution in [0.1, 0.15) is 5.56 Å². The second-order valence-corrected chi connectivity index (χ2v) is 9.26. The fourth-order valence-electron chi connectivity index (χ4n) is 5.85. The highest BCUT2D eigenvalue weighted by Gasteiger charge is 2.67. The zero-order valence-corrected chi connectivity index (χ0v) is 18.3. The summed E-state index contributed by atoms with van der Waals surface area (Å²) in [7, 11) is 0. The molecule has 2 fully saturated rings. The van der Waals surface area contributed by atoms with Crippen LogP contribution in [0, 0.1) is 11.8 Å². The number of H-pyrrole nitrogens is 1. The smallest absolute Gasteiger partial charge is 0.234 e. The van der Waals surface area contributed by atoms with Gasteiger partial charge >= 0.3 is 0 Å². The topological polar surface area (TPSA) is 92.9 Å². The van der Waals surface area contributed by atoms with Crippen LogP contribution in [0.2, 0.25) is 0 Å². The van der Waals surface area contributed by atoms with E-state index in [2.05, 4.69) is 16.4 Å². The van der Waals surface area contributed by atoms with Gasteiger partial charge in [-0.05, 0) is 30.2 Å². The van der Waals surface area contributed by atoms with E-state index in [1.165, 1.54) is 0 Å². The van der Waals surface area contributed by atoms with Gasteiger partial charge in [-0.15, -0.1) is 0 Å². The zero-order valence-electron chi connectivity index (χ0n) is 18.3. The maximum atomic E-state index is 13.5. The van der Waals surface area contributed by atoms with Crippen LogP contribution in [-0.2, 0) is 20.7 Å². The first-order valence-corrected chi connectivity index (χ1v) is 11.5. The van der Waals surface area contributed by atoms with Crippen LogP contribution < -0.4 is 19.7 Å². The van der Waals surface area contributed by atoms with Gasteiger partial charge < -0.3 is 29.4 Å². The number of ether oxygens (including phenoxy) is 3. The molecule has 1 aromatic heterocycles. The van der Waals surface area contributed by atoms with E-state index in [1.807, 2.05) is 48.7 Å². The lowest BCUT2D eigenvalue weighted by atomic mass is 9.77. The average Bonchev–Trinajstić information content (AvgIpc) is 3.66. The molecule has 4 atom stereocenters. The van der Waals surface area contributed by atoms with Gasteiger partial charge in [-0.2, -0.15) is 0 Å². The third-order valence-electron chi connectivity index (χ3n) is 7.44. The van der Waals surface area contributed by atoms with E-state index in [0.29, 0.717) is 31.0 Å². The second kappa shape index (κ2) is 7.11. The van der Waals surface area contributed by atoms with Crippen LogP contribution in [0.5, 0.6) is 11.5 Å². The molecule has 4 aliphatic heterocycles. The lowest BCUT2D eigenvalue weighted by Crippen LogP contribution is -2.44. The van der Waals surface area contributed by atoms with Crippen LogP contribution in [0.15, 0.2) is 60.8 Å². The molecule has 5 heterocycles. The molecular formula is C26H23N3O5. The molecule has 0 unspecified atom stereocenters. The SMILES string of the molecule is O=C(NCCc1c[nH]c2ccccc12)[C@H]1[C@H]2C=C[C@@]3(CN(c4ccc5c(c4)OCO5)C(=O)[C@@H]13)O2. The summed E-state index contributed by atoms with van der Waals surface area (Å²) in [5.74, 6) is -0.0320. The van der Waals surface area contributed by atoms with E-state index in [0.717, 1.165) is 22.2 Å². The van der Waals surface area contributed by atoms with E-state index in [-0.39, 0.29) is 24.7 Å². The first-order chi connectivity index (χ1) is 16.6. The fourth-order valence-corrected chi connectivity index (χ4v) is 5.85. The summed E-state index contributed by atoms with van der Waals surface area (Å²) in [5, 5.41) is 4.22. The van der Waals surface area contributed by atoms with Crippen molar-refractivity contribution >= 4 is 28.4 Å². The van der Waals surface area contributed by atoms with E-state index >= 15 is 0 Å². The van der Waals surface area contributed by atoms with Crippen LogP contribution >= 0.6 is 0 Å². The molecule has 34 heavy (non-hydrogen) atoms. The Morgan fingerprint density at radius 1 is 1.18 bits per heavy atom. The summed E-state index contributed by atoms with van der Waals surface area (Å²) in [6.07, 6.45) is 6.20. The van der Waals surface area contributed by atoms with Crippen molar-refractivity contribution in [3.63, 3.8) is 0 Å². The van der Waals surface area contributed by atoms with E-state index < -0.39 is 17.4 Å². The number of nitrogens with one attached hydrogen (secondary N) is 2. The number of rotatable bonds is 5. The molecule has 1 spiro atoms. The van der Waals surface area contributed by atoms with Crippen molar-refractivity contribution in [3.8, 4) is 11.5 Å². The van der Waals surface area contributed by atoms with Gasteiger partial charge in [-0.3, -0.25) is 9.59 Å². The van der Waals surface area contributed by atoms with Gasteiger partial charge in [0.1, 0.15) is 5.60 Å². The molecule has 8 nitrogen and oxygen atoms in total. The zero-order chi connectivity index (χ0) is 22.9. The highest BCUT2D eigenvalue weighted by atomic mass is 16.7. The fraction of sp³-hybridized carbons (Fsp3) is 0.308.